The molecule has 1 N–H and O–H groups in total. The average Bonchev–Trinajstić information content (AvgIpc) is 2.88. The molecule has 1 aromatic heterocycles. The molecule has 1 aromatic carbocycles. The number of aliphatic hydroxyl groups is 1. The molecule has 0 aliphatic heterocycles. The third kappa shape index (κ3) is 2.94. The van der Waals surface area contributed by atoms with Gasteiger partial charge in [-0.2, -0.15) is 5.10 Å². The third-order valence-corrected chi connectivity index (χ3v) is 2.79. The second-order valence-electron chi connectivity index (χ2n) is 3.83. The molecule has 0 aliphatic rings. The molecule has 0 spiro atoms. The topological polar surface area (TPSA) is 64.3 Å². The van der Waals surface area contributed by atoms with Crippen molar-refractivity contribution in [1.29, 1.82) is 0 Å². The highest BCUT2D eigenvalue weighted by Crippen LogP contribution is 2.20. The van der Waals surface area contributed by atoms with E-state index in [9.17, 15) is 9.90 Å². The lowest BCUT2D eigenvalue weighted by Crippen LogP contribution is -2.03. The molecule has 0 fully saturated rings. The van der Waals surface area contributed by atoms with Crippen LogP contribution in [-0.2, 0) is 11.3 Å². The van der Waals surface area contributed by atoms with E-state index in [0.717, 1.165) is 0 Å². The summed E-state index contributed by atoms with van der Waals surface area (Å²) in [7, 11) is 0. The second kappa shape index (κ2) is 5.86. The van der Waals surface area contributed by atoms with Crippen LogP contribution in [0.1, 0.15) is 22.8 Å². The molecule has 2 rings (SSSR count). The number of aliphatic hydroxyl groups excluding tert-OH is 1. The number of benzene rings is 1. The van der Waals surface area contributed by atoms with Gasteiger partial charge >= 0.3 is 5.97 Å². The fraction of sp³-hybridized carbons (Fsp3) is 0.231. The van der Waals surface area contributed by atoms with Crippen LogP contribution in [0.15, 0.2) is 30.6 Å². The van der Waals surface area contributed by atoms with E-state index in [2.05, 4.69) is 5.10 Å². The lowest BCUT2D eigenvalue weighted by Gasteiger charge is -2.07. The number of carbonyl (C=O) groups excluding carboxylic acids is 1. The molecule has 5 nitrogen and oxygen atoms in total. The highest BCUT2D eigenvalue weighted by atomic mass is 35.5. The quantitative estimate of drug-likeness (QED) is 0.872. The van der Waals surface area contributed by atoms with Gasteiger partial charge in [0.1, 0.15) is 0 Å². The van der Waals surface area contributed by atoms with E-state index in [4.69, 9.17) is 16.3 Å². The minimum Gasteiger partial charge on any atom is -0.462 e. The van der Waals surface area contributed by atoms with E-state index in [1.165, 1.54) is 10.9 Å². The molecular weight excluding hydrogens is 268 g/mol. The van der Waals surface area contributed by atoms with Crippen LogP contribution < -0.4 is 0 Å². The number of esters is 1. The van der Waals surface area contributed by atoms with Gasteiger partial charge in [0.2, 0.25) is 0 Å². The molecule has 0 atom stereocenters. The molecule has 19 heavy (non-hydrogen) atoms. The Balaban J connectivity index is 2.35. The van der Waals surface area contributed by atoms with Gasteiger partial charge in [0.05, 0.1) is 30.7 Å². The minimum atomic E-state index is -0.423. The summed E-state index contributed by atoms with van der Waals surface area (Å²) in [5, 5.41) is 13.9. The first-order valence-corrected chi connectivity index (χ1v) is 6.15. The standard InChI is InChI=1S/C13H13ClN2O3/c1-2-19-13(18)10-6-15-16(7-10)12-4-3-11(14)5-9(12)8-17/h3-7,17H,2,8H2,1H3. The first-order valence-electron chi connectivity index (χ1n) is 5.77. The van der Waals surface area contributed by atoms with Crippen LogP contribution >= 0.6 is 11.6 Å². The van der Waals surface area contributed by atoms with Crippen molar-refractivity contribution in [2.75, 3.05) is 6.61 Å². The van der Waals surface area contributed by atoms with E-state index < -0.39 is 5.97 Å². The molecule has 1 heterocycles. The van der Waals surface area contributed by atoms with Crippen molar-refractivity contribution in [2.45, 2.75) is 13.5 Å². The van der Waals surface area contributed by atoms with Gasteiger partial charge in [-0.1, -0.05) is 11.6 Å². The lowest BCUT2D eigenvalue weighted by atomic mass is 10.2. The zero-order valence-electron chi connectivity index (χ0n) is 10.3. The maximum absolute atomic E-state index is 11.6. The molecular formula is C13H13ClN2O3. The second-order valence-corrected chi connectivity index (χ2v) is 4.26. The summed E-state index contributed by atoms with van der Waals surface area (Å²) in [4.78, 5) is 11.6. The van der Waals surface area contributed by atoms with Crippen molar-refractivity contribution in [1.82, 2.24) is 9.78 Å². The Morgan fingerprint density at radius 3 is 3.00 bits per heavy atom. The zero-order valence-corrected chi connectivity index (χ0v) is 11.1. The van der Waals surface area contributed by atoms with Crippen LogP contribution in [0.4, 0.5) is 0 Å². The first-order chi connectivity index (χ1) is 9.15. The van der Waals surface area contributed by atoms with Crippen molar-refractivity contribution in [3.8, 4) is 5.69 Å². The fourth-order valence-corrected chi connectivity index (χ4v) is 1.87. The lowest BCUT2D eigenvalue weighted by molar-refractivity contribution is 0.0526. The maximum Gasteiger partial charge on any atom is 0.341 e. The van der Waals surface area contributed by atoms with Crippen molar-refractivity contribution in [2.24, 2.45) is 0 Å². The third-order valence-electron chi connectivity index (χ3n) is 2.55. The molecule has 0 bridgehead atoms. The van der Waals surface area contributed by atoms with Crippen molar-refractivity contribution >= 4 is 17.6 Å². The Kier molecular flexibility index (Phi) is 4.19. The smallest absolute Gasteiger partial charge is 0.341 e. The van der Waals surface area contributed by atoms with Crippen LogP contribution in [0.25, 0.3) is 5.69 Å². The Hall–Kier alpha value is -1.85. The van der Waals surface area contributed by atoms with Gasteiger partial charge < -0.3 is 9.84 Å². The van der Waals surface area contributed by atoms with Gasteiger partial charge in [-0.15, -0.1) is 0 Å². The Morgan fingerprint density at radius 1 is 1.53 bits per heavy atom. The highest BCUT2D eigenvalue weighted by molar-refractivity contribution is 6.30. The Morgan fingerprint density at radius 2 is 2.32 bits per heavy atom. The van der Waals surface area contributed by atoms with Gasteiger partial charge in [0, 0.05) is 16.8 Å². The minimum absolute atomic E-state index is 0.162. The van der Waals surface area contributed by atoms with Crippen LogP contribution in [0.3, 0.4) is 0 Å². The molecule has 0 unspecified atom stereocenters. The normalized spacial score (nSPS) is 10.5. The van der Waals surface area contributed by atoms with E-state index in [-0.39, 0.29) is 6.61 Å². The number of halogens is 1. The molecule has 2 aromatic rings. The van der Waals surface area contributed by atoms with Gasteiger partial charge in [-0.25, -0.2) is 9.48 Å². The number of aromatic nitrogens is 2. The molecule has 0 amide bonds. The van der Waals surface area contributed by atoms with E-state index in [0.29, 0.717) is 28.4 Å². The SMILES string of the molecule is CCOC(=O)c1cnn(-c2ccc(Cl)cc2CO)c1. The molecule has 100 valence electrons. The number of nitrogens with zero attached hydrogens (tertiary/aromatic N) is 2. The Labute approximate surface area is 115 Å². The molecule has 0 saturated carbocycles. The predicted molar refractivity (Wildman–Crippen MR) is 70.5 cm³/mol. The molecule has 0 aliphatic carbocycles. The largest absolute Gasteiger partial charge is 0.462 e. The van der Waals surface area contributed by atoms with Crippen LogP contribution in [0, 0.1) is 0 Å². The molecule has 0 saturated heterocycles. The highest BCUT2D eigenvalue weighted by Gasteiger charge is 2.12. The van der Waals surface area contributed by atoms with Gasteiger partial charge in [-0.05, 0) is 25.1 Å². The maximum atomic E-state index is 11.6. The van der Waals surface area contributed by atoms with Crippen LogP contribution in [-0.4, -0.2) is 27.5 Å². The number of hydrogen-bond donors (Lipinski definition) is 1. The number of ether oxygens (including phenoxy) is 1. The molecule has 6 heteroatoms. The number of hydrogen-bond acceptors (Lipinski definition) is 4. The Bertz CT molecular complexity index is 595. The summed E-state index contributed by atoms with van der Waals surface area (Å²) in [5.74, 6) is -0.423. The van der Waals surface area contributed by atoms with Gasteiger partial charge in [0.15, 0.2) is 0 Å². The summed E-state index contributed by atoms with van der Waals surface area (Å²) >= 11 is 5.87. The number of carbonyl (C=O) groups is 1. The summed E-state index contributed by atoms with van der Waals surface area (Å²) in [6.45, 7) is 1.89. The van der Waals surface area contributed by atoms with Crippen LogP contribution in [0.2, 0.25) is 5.02 Å². The predicted octanol–water partition coefficient (Wildman–Crippen LogP) is 2.19. The molecule has 0 radical (unpaired) electrons. The van der Waals surface area contributed by atoms with Gasteiger partial charge in [0.25, 0.3) is 0 Å². The zero-order chi connectivity index (χ0) is 13.8. The average molecular weight is 281 g/mol. The van der Waals surface area contributed by atoms with E-state index in [1.54, 1.807) is 31.3 Å². The number of rotatable bonds is 4. The van der Waals surface area contributed by atoms with E-state index in [1.807, 2.05) is 0 Å². The van der Waals surface area contributed by atoms with Crippen molar-refractivity contribution < 1.29 is 14.6 Å². The van der Waals surface area contributed by atoms with Crippen LogP contribution in [0.5, 0.6) is 0 Å². The van der Waals surface area contributed by atoms with E-state index >= 15 is 0 Å². The van der Waals surface area contributed by atoms with Crippen molar-refractivity contribution in [3.63, 3.8) is 0 Å². The monoisotopic (exact) mass is 280 g/mol. The fourth-order valence-electron chi connectivity index (χ4n) is 1.68. The first kappa shape index (κ1) is 13.6. The van der Waals surface area contributed by atoms with Crippen molar-refractivity contribution in [3.05, 3.63) is 46.7 Å². The summed E-state index contributed by atoms with van der Waals surface area (Å²) in [5.41, 5.74) is 1.66. The summed E-state index contributed by atoms with van der Waals surface area (Å²) in [6.07, 6.45) is 2.98. The van der Waals surface area contributed by atoms with Gasteiger partial charge in [-0.3, -0.25) is 0 Å². The summed E-state index contributed by atoms with van der Waals surface area (Å²) in [6, 6.07) is 5.08. The summed E-state index contributed by atoms with van der Waals surface area (Å²) < 4.78 is 6.40.